The van der Waals surface area contributed by atoms with Crippen molar-refractivity contribution in [3.05, 3.63) is 119 Å². The number of hydrogen-bond acceptors (Lipinski definition) is 6. The minimum absolute atomic E-state index is 0.0188. The standard InChI is InChI=1S/C36H39ClFN3O6S/c1-5-25(2)39-36(43)32(21-26-9-7-6-8-10-26)40(23-27-11-13-28(37)14-12-27)35(42)24-41(30-17-15-29(38)16-18-30)48(44,45)31-19-20-33(46-3)34(22-31)47-4/h6-20,22,25,32H,5,21,23-24H2,1-4H3,(H,39,43)/t25-,32+/m0/s1. The lowest BCUT2D eigenvalue weighted by Gasteiger charge is -2.34. The summed E-state index contributed by atoms with van der Waals surface area (Å²) in [5, 5.41) is 3.49. The molecular weight excluding hydrogens is 657 g/mol. The van der Waals surface area contributed by atoms with Gasteiger partial charge in [-0.25, -0.2) is 12.8 Å². The van der Waals surface area contributed by atoms with Crippen LogP contribution in [0.1, 0.15) is 31.4 Å². The van der Waals surface area contributed by atoms with Crippen molar-refractivity contribution in [1.82, 2.24) is 10.2 Å². The van der Waals surface area contributed by atoms with E-state index in [0.717, 1.165) is 22.0 Å². The number of rotatable bonds is 15. The number of nitrogens with zero attached hydrogens (tertiary/aromatic N) is 2. The number of carbonyl (C=O) groups excluding carboxylic acids is 2. The van der Waals surface area contributed by atoms with Crippen LogP contribution in [-0.4, -0.2) is 58.0 Å². The second-order valence-corrected chi connectivity index (χ2v) is 13.5. The van der Waals surface area contributed by atoms with Crippen molar-refractivity contribution < 1.29 is 31.9 Å². The molecule has 0 fully saturated rings. The van der Waals surface area contributed by atoms with Crippen LogP contribution in [0.2, 0.25) is 5.02 Å². The second kappa shape index (κ2) is 16.5. The molecule has 12 heteroatoms. The zero-order chi connectivity index (χ0) is 34.8. The lowest BCUT2D eigenvalue weighted by Crippen LogP contribution is -2.54. The first-order valence-electron chi connectivity index (χ1n) is 15.3. The molecule has 0 aliphatic carbocycles. The molecule has 0 aliphatic heterocycles. The Hall–Kier alpha value is -4.61. The molecule has 2 amide bonds. The summed E-state index contributed by atoms with van der Waals surface area (Å²) >= 11 is 6.14. The van der Waals surface area contributed by atoms with E-state index in [1.165, 1.54) is 49.5 Å². The van der Waals surface area contributed by atoms with Crippen molar-refractivity contribution in [2.75, 3.05) is 25.1 Å². The summed E-state index contributed by atoms with van der Waals surface area (Å²) in [6.07, 6.45) is 0.832. The highest BCUT2D eigenvalue weighted by molar-refractivity contribution is 7.92. The molecule has 0 aliphatic rings. The van der Waals surface area contributed by atoms with Crippen molar-refractivity contribution in [2.45, 2.75) is 50.2 Å². The molecule has 4 rings (SSSR count). The van der Waals surface area contributed by atoms with Gasteiger partial charge in [-0.05, 0) is 73.0 Å². The monoisotopic (exact) mass is 695 g/mol. The van der Waals surface area contributed by atoms with Gasteiger partial charge in [-0.3, -0.25) is 13.9 Å². The number of nitrogens with one attached hydrogen (secondary N) is 1. The maximum atomic E-state index is 14.6. The van der Waals surface area contributed by atoms with Crippen LogP contribution >= 0.6 is 11.6 Å². The van der Waals surface area contributed by atoms with E-state index in [4.69, 9.17) is 21.1 Å². The van der Waals surface area contributed by atoms with E-state index in [9.17, 15) is 22.4 Å². The van der Waals surface area contributed by atoms with Crippen LogP contribution in [0.15, 0.2) is 102 Å². The molecule has 48 heavy (non-hydrogen) atoms. The second-order valence-electron chi connectivity index (χ2n) is 11.2. The van der Waals surface area contributed by atoms with Crippen LogP contribution in [0.5, 0.6) is 11.5 Å². The van der Waals surface area contributed by atoms with Crippen molar-refractivity contribution in [3.8, 4) is 11.5 Å². The average Bonchev–Trinajstić information content (AvgIpc) is 3.09. The molecule has 0 radical (unpaired) electrons. The van der Waals surface area contributed by atoms with Gasteiger partial charge in [0, 0.05) is 30.1 Å². The predicted molar refractivity (Wildman–Crippen MR) is 184 cm³/mol. The largest absolute Gasteiger partial charge is 0.493 e. The number of halogens is 2. The molecule has 0 bridgehead atoms. The average molecular weight is 696 g/mol. The third-order valence-electron chi connectivity index (χ3n) is 7.87. The molecule has 4 aromatic carbocycles. The summed E-state index contributed by atoms with van der Waals surface area (Å²) in [6.45, 7) is 3.09. The first kappa shape index (κ1) is 36.2. The highest BCUT2D eigenvalue weighted by Gasteiger charge is 2.35. The molecule has 0 aromatic heterocycles. The summed E-state index contributed by atoms with van der Waals surface area (Å²) in [5.41, 5.74) is 1.54. The van der Waals surface area contributed by atoms with Gasteiger partial charge in [0.2, 0.25) is 11.8 Å². The van der Waals surface area contributed by atoms with Crippen molar-refractivity contribution in [2.24, 2.45) is 0 Å². The van der Waals surface area contributed by atoms with Crippen LogP contribution in [0.25, 0.3) is 0 Å². The zero-order valence-electron chi connectivity index (χ0n) is 27.2. The Morgan fingerprint density at radius 1 is 0.875 bits per heavy atom. The number of benzene rings is 4. The zero-order valence-corrected chi connectivity index (χ0v) is 28.8. The van der Waals surface area contributed by atoms with E-state index in [2.05, 4.69) is 5.32 Å². The van der Waals surface area contributed by atoms with Gasteiger partial charge in [0.1, 0.15) is 18.4 Å². The molecule has 254 valence electrons. The summed E-state index contributed by atoms with van der Waals surface area (Å²) in [6, 6.07) is 23.8. The van der Waals surface area contributed by atoms with Crippen LogP contribution < -0.4 is 19.1 Å². The maximum absolute atomic E-state index is 14.6. The molecular formula is C36H39ClFN3O6S. The smallest absolute Gasteiger partial charge is 0.264 e. The Labute approximate surface area is 286 Å². The van der Waals surface area contributed by atoms with Gasteiger partial charge in [-0.1, -0.05) is 61.0 Å². The number of amides is 2. The summed E-state index contributed by atoms with van der Waals surface area (Å²) in [7, 11) is -1.65. The molecule has 1 N–H and O–H groups in total. The summed E-state index contributed by atoms with van der Waals surface area (Å²) in [5.74, 6) is -1.14. The first-order valence-corrected chi connectivity index (χ1v) is 17.2. The third kappa shape index (κ3) is 9.05. The number of ether oxygens (including phenoxy) is 2. The molecule has 0 saturated heterocycles. The topological polar surface area (TPSA) is 105 Å². The van der Waals surface area contributed by atoms with Gasteiger partial charge in [0.05, 0.1) is 24.8 Å². The third-order valence-corrected chi connectivity index (χ3v) is 9.90. The lowest BCUT2D eigenvalue weighted by atomic mass is 10.0. The number of carbonyl (C=O) groups is 2. The lowest BCUT2D eigenvalue weighted by molar-refractivity contribution is -0.140. The van der Waals surface area contributed by atoms with E-state index >= 15 is 0 Å². The van der Waals surface area contributed by atoms with E-state index < -0.39 is 34.3 Å². The molecule has 0 spiro atoms. The van der Waals surface area contributed by atoms with Crippen LogP contribution in [-0.2, 0) is 32.6 Å². The van der Waals surface area contributed by atoms with Crippen LogP contribution in [0, 0.1) is 5.82 Å². The van der Waals surface area contributed by atoms with Gasteiger partial charge in [-0.15, -0.1) is 0 Å². The summed E-state index contributed by atoms with van der Waals surface area (Å²) in [4.78, 5) is 29.7. The van der Waals surface area contributed by atoms with Crippen molar-refractivity contribution in [1.29, 1.82) is 0 Å². The maximum Gasteiger partial charge on any atom is 0.264 e. The van der Waals surface area contributed by atoms with Gasteiger partial charge in [0.15, 0.2) is 11.5 Å². The highest BCUT2D eigenvalue weighted by Crippen LogP contribution is 2.32. The summed E-state index contributed by atoms with van der Waals surface area (Å²) < 4.78 is 54.1. The van der Waals surface area contributed by atoms with Gasteiger partial charge in [0.25, 0.3) is 10.0 Å². The van der Waals surface area contributed by atoms with Gasteiger partial charge in [-0.2, -0.15) is 0 Å². The molecule has 0 saturated carbocycles. The van der Waals surface area contributed by atoms with Crippen LogP contribution in [0.3, 0.4) is 0 Å². The molecule has 0 heterocycles. The SMILES string of the molecule is CC[C@H](C)NC(=O)[C@@H](Cc1ccccc1)N(Cc1ccc(Cl)cc1)C(=O)CN(c1ccc(F)cc1)S(=O)(=O)c1ccc(OC)c(OC)c1. The Morgan fingerprint density at radius 2 is 1.52 bits per heavy atom. The number of anilines is 1. The van der Waals surface area contributed by atoms with E-state index in [-0.39, 0.29) is 41.2 Å². The predicted octanol–water partition coefficient (Wildman–Crippen LogP) is 6.25. The molecule has 0 unspecified atom stereocenters. The Bertz CT molecular complexity index is 1790. The Morgan fingerprint density at radius 3 is 2.12 bits per heavy atom. The highest BCUT2D eigenvalue weighted by atomic mass is 35.5. The molecule has 2 atom stereocenters. The van der Waals surface area contributed by atoms with Gasteiger partial charge >= 0.3 is 0 Å². The first-order chi connectivity index (χ1) is 23.0. The number of methoxy groups -OCH3 is 2. The van der Waals surface area contributed by atoms with E-state index in [1.807, 2.05) is 44.2 Å². The fourth-order valence-corrected chi connectivity index (χ4v) is 6.58. The van der Waals surface area contributed by atoms with Crippen molar-refractivity contribution >= 4 is 39.1 Å². The minimum Gasteiger partial charge on any atom is -0.493 e. The number of sulfonamides is 1. The van der Waals surface area contributed by atoms with Crippen molar-refractivity contribution in [3.63, 3.8) is 0 Å². The Balaban J connectivity index is 1.82. The van der Waals surface area contributed by atoms with Gasteiger partial charge < -0.3 is 19.7 Å². The minimum atomic E-state index is -4.45. The molecule has 4 aromatic rings. The fourth-order valence-electron chi connectivity index (χ4n) is 5.02. The van der Waals surface area contributed by atoms with Crippen LogP contribution in [0.4, 0.5) is 10.1 Å². The number of hydrogen-bond donors (Lipinski definition) is 1. The fraction of sp³-hybridized carbons (Fsp3) is 0.278. The molecule has 9 nitrogen and oxygen atoms in total. The Kier molecular flexibility index (Phi) is 12.4. The quantitative estimate of drug-likeness (QED) is 0.158. The van der Waals surface area contributed by atoms with E-state index in [0.29, 0.717) is 22.8 Å². The van der Waals surface area contributed by atoms with E-state index in [1.54, 1.807) is 24.3 Å². The normalized spacial score (nSPS) is 12.5.